The second-order valence-electron chi connectivity index (χ2n) is 5.99. The first-order chi connectivity index (χ1) is 8.93. The van der Waals surface area contributed by atoms with Gasteiger partial charge in [-0.3, -0.25) is 0 Å². The molecule has 0 unspecified atom stereocenters. The minimum Gasteiger partial charge on any atom is -0.399 e. The van der Waals surface area contributed by atoms with E-state index < -0.39 is 10.0 Å². The Hall–Kier alpha value is -1.07. The predicted molar refractivity (Wildman–Crippen MR) is 75.2 cm³/mol. The van der Waals surface area contributed by atoms with Gasteiger partial charge in [0.2, 0.25) is 10.0 Å². The summed E-state index contributed by atoms with van der Waals surface area (Å²) in [5.41, 5.74) is 7.22. The lowest BCUT2D eigenvalue weighted by Crippen LogP contribution is -2.31. The van der Waals surface area contributed by atoms with Crippen molar-refractivity contribution in [1.29, 1.82) is 0 Å². The monoisotopic (exact) mass is 280 g/mol. The van der Waals surface area contributed by atoms with Crippen LogP contribution in [0.1, 0.15) is 31.2 Å². The van der Waals surface area contributed by atoms with Crippen LogP contribution in [-0.2, 0) is 10.0 Å². The van der Waals surface area contributed by atoms with Gasteiger partial charge in [0.1, 0.15) is 0 Å². The fourth-order valence-corrected chi connectivity index (χ4v) is 4.24. The fourth-order valence-electron chi connectivity index (χ4n) is 2.88. The van der Waals surface area contributed by atoms with Crippen LogP contribution in [-0.4, -0.2) is 15.0 Å². The van der Waals surface area contributed by atoms with Crippen molar-refractivity contribution in [2.24, 2.45) is 11.3 Å². The third-order valence-corrected chi connectivity index (χ3v) is 6.00. The molecule has 0 radical (unpaired) electrons. The molecule has 1 aromatic carbocycles. The highest BCUT2D eigenvalue weighted by Gasteiger charge is 2.53. The highest BCUT2D eigenvalue weighted by molar-refractivity contribution is 7.89. The van der Waals surface area contributed by atoms with Gasteiger partial charge in [0.05, 0.1) is 4.90 Å². The van der Waals surface area contributed by atoms with E-state index in [1.54, 1.807) is 25.1 Å². The fraction of sp³-hybridized carbons (Fsp3) is 0.571. The average Bonchev–Trinajstić information content (AvgIpc) is 3.19. The molecule has 104 valence electrons. The Bertz CT molecular complexity index is 602. The summed E-state index contributed by atoms with van der Waals surface area (Å²) in [6, 6.07) is 4.92. The summed E-state index contributed by atoms with van der Waals surface area (Å²) in [7, 11) is -3.41. The Labute approximate surface area is 114 Å². The SMILES string of the molecule is Cc1cc(N)ccc1S(=O)(=O)NCC1(C2CC2)CC1. The summed E-state index contributed by atoms with van der Waals surface area (Å²) < 4.78 is 27.5. The van der Waals surface area contributed by atoms with Gasteiger partial charge in [-0.05, 0) is 67.7 Å². The molecule has 0 heterocycles. The van der Waals surface area contributed by atoms with Gasteiger partial charge < -0.3 is 5.73 Å². The maximum Gasteiger partial charge on any atom is 0.240 e. The molecule has 3 rings (SSSR count). The van der Waals surface area contributed by atoms with E-state index in [-0.39, 0.29) is 5.41 Å². The van der Waals surface area contributed by atoms with Crippen LogP contribution in [0.3, 0.4) is 0 Å². The molecule has 0 aliphatic heterocycles. The largest absolute Gasteiger partial charge is 0.399 e. The molecule has 0 saturated heterocycles. The first-order valence-corrected chi connectivity index (χ1v) is 8.27. The summed E-state index contributed by atoms with van der Waals surface area (Å²) in [5, 5.41) is 0. The number of aryl methyl sites for hydroxylation is 1. The van der Waals surface area contributed by atoms with Gasteiger partial charge in [0.25, 0.3) is 0 Å². The lowest BCUT2D eigenvalue weighted by atomic mass is 10.0. The lowest BCUT2D eigenvalue weighted by Gasteiger charge is -2.16. The molecule has 0 bridgehead atoms. The smallest absolute Gasteiger partial charge is 0.240 e. The number of nitrogens with two attached hydrogens (primary N) is 1. The predicted octanol–water partition coefficient (Wildman–Crippen LogP) is 2.05. The number of nitrogen functional groups attached to an aromatic ring is 1. The topological polar surface area (TPSA) is 72.2 Å². The molecular formula is C14H20N2O2S. The summed E-state index contributed by atoms with van der Waals surface area (Å²) in [6.45, 7) is 2.36. The van der Waals surface area contributed by atoms with Gasteiger partial charge in [-0.15, -0.1) is 0 Å². The number of benzene rings is 1. The van der Waals surface area contributed by atoms with Gasteiger partial charge in [-0.25, -0.2) is 13.1 Å². The minimum atomic E-state index is -3.41. The standard InChI is InChI=1S/C14H20N2O2S/c1-10-8-12(15)4-5-13(10)19(17,18)16-9-14(6-7-14)11-2-3-11/h4-5,8,11,16H,2-3,6-7,9,15H2,1H3. The first-order valence-electron chi connectivity index (χ1n) is 6.79. The van der Waals surface area contributed by atoms with Gasteiger partial charge in [-0.2, -0.15) is 0 Å². The molecule has 3 N–H and O–H groups in total. The Balaban J connectivity index is 1.75. The Morgan fingerprint density at radius 1 is 1.37 bits per heavy atom. The second kappa shape index (κ2) is 4.21. The molecule has 2 fully saturated rings. The van der Waals surface area contributed by atoms with Crippen molar-refractivity contribution in [2.45, 2.75) is 37.5 Å². The van der Waals surface area contributed by atoms with Gasteiger partial charge in [-0.1, -0.05) is 0 Å². The van der Waals surface area contributed by atoms with E-state index in [0.717, 1.165) is 5.92 Å². The molecule has 1 aromatic rings. The van der Waals surface area contributed by atoms with Crippen molar-refractivity contribution in [1.82, 2.24) is 4.72 Å². The number of nitrogens with one attached hydrogen (secondary N) is 1. The first kappa shape index (κ1) is 12.9. The van der Waals surface area contributed by atoms with Crippen molar-refractivity contribution in [2.75, 3.05) is 12.3 Å². The molecule has 5 heteroatoms. The number of rotatable bonds is 5. The van der Waals surface area contributed by atoms with Crippen molar-refractivity contribution in [3.63, 3.8) is 0 Å². The zero-order valence-corrected chi connectivity index (χ0v) is 12.0. The summed E-state index contributed by atoms with van der Waals surface area (Å²) in [4.78, 5) is 0.341. The van der Waals surface area contributed by atoms with E-state index in [1.165, 1.54) is 25.7 Å². The van der Waals surface area contributed by atoms with Crippen molar-refractivity contribution in [3.8, 4) is 0 Å². The molecule has 4 nitrogen and oxygen atoms in total. The lowest BCUT2D eigenvalue weighted by molar-refractivity contribution is 0.432. The van der Waals surface area contributed by atoms with Crippen LogP contribution in [0, 0.1) is 18.3 Å². The quantitative estimate of drug-likeness (QED) is 0.811. The van der Waals surface area contributed by atoms with E-state index in [9.17, 15) is 8.42 Å². The number of sulfonamides is 1. The zero-order valence-electron chi connectivity index (χ0n) is 11.1. The molecule has 2 aliphatic rings. The van der Waals surface area contributed by atoms with Crippen LogP contribution in [0.15, 0.2) is 23.1 Å². The van der Waals surface area contributed by atoms with E-state index in [1.807, 2.05) is 0 Å². The van der Waals surface area contributed by atoms with Gasteiger partial charge in [0.15, 0.2) is 0 Å². The third kappa shape index (κ3) is 2.49. The van der Waals surface area contributed by atoms with Crippen molar-refractivity contribution < 1.29 is 8.42 Å². The molecule has 0 spiro atoms. The minimum absolute atomic E-state index is 0.273. The van der Waals surface area contributed by atoms with E-state index in [2.05, 4.69) is 4.72 Å². The summed E-state index contributed by atoms with van der Waals surface area (Å²) in [6.07, 6.45) is 4.87. The van der Waals surface area contributed by atoms with E-state index in [4.69, 9.17) is 5.73 Å². The van der Waals surface area contributed by atoms with E-state index in [0.29, 0.717) is 22.7 Å². The molecule has 2 saturated carbocycles. The molecule has 2 aliphatic carbocycles. The Morgan fingerprint density at radius 3 is 2.58 bits per heavy atom. The highest BCUT2D eigenvalue weighted by Crippen LogP contribution is 2.60. The van der Waals surface area contributed by atoms with Crippen LogP contribution in [0.4, 0.5) is 5.69 Å². The maximum absolute atomic E-state index is 12.3. The maximum atomic E-state index is 12.3. The Kier molecular flexibility index (Phi) is 2.87. The zero-order chi connectivity index (χ0) is 13.7. The summed E-state index contributed by atoms with van der Waals surface area (Å²) >= 11 is 0. The van der Waals surface area contributed by atoms with Crippen LogP contribution >= 0.6 is 0 Å². The van der Waals surface area contributed by atoms with Crippen LogP contribution in [0.2, 0.25) is 0 Å². The third-order valence-electron chi connectivity index (χ3n) is 4.44. The number of anilines is 1. The van der Waals surface area contributed by atoms with Crippen molar-refractivity contribution >= 4 is 15.7 Å². The second-order valence-corrected chi connectivity index (χ2v) is 7.72. The van der Waals surface area contributed by atoms with E-state index >= 15 is 0 Å². The number of hydrogen-bond donors (Lipinski definition) is 2. The molecule has 0 aromatic heterocycles. The normalized spacial score (nSPS) is 21.3. The molecule has 19 heavy (non-hydrogen) atoms. The van der Waals surface area contributed by atoms with Crippen LogP contribution in [0.25, 0.3) is 0 Å². The van der Waals surface area contributed by atoms with Crippen LogP contribution < -0.4 is 10.5 Å². The highest BCUT2D eigenvalue weighted by atomic mass is 32.2. The molecular weight excluding hydrogens is 260 g/mol. The molecule has 0 atom stereocenters. The summed E-state index contributed by atoms with van der Waals surface area (Å²) in [5.74, 6) is 0.753. The van der Waals surface area contributed by atoms with Gasteiger partial charge >= 0.3 is 0 Å². The number of hydrogen-bond acceptors (Lipinski definition) is 3. The average molecular weight is 280 g/mol. The Morgan fingerprint density at radius 2 is 2.05 bits per heavy atom. The van der Waals surface area contributed by atoms with Crippen LogP contribution in [0.5, 0.6) is 0 Å². The van der Waals surface area contributed by atoms with Gasteiger partial charge in [0, 0.05) is 12.2 Å². The molecule has 0 amide bonds. The van der Waals surface area contributed by atoms with Crippen molar-refractivity contribution in [3.05, 3.63) is 23.8 Å².